The second-order valence-corrected chi connectivity index (χ2v) is 8.86. The van der Waals surface area contributed by atoms with Gasteiger partial charge in [0, 0.05) is 19.3 Å². The van der Waals surface area contributed by atoms with Crippen molar-refractivity contribution in [1.29, 1.82) is 0 Å². The number of nitrogens with zero attached hydrogens (tertiary/aromatic N) is 1. The summed E-state index contributed by atoms with van der Waals surface area (Å²) < 4.78 is 23.2. The molecule has 7 heteroatoms. The predicted molar refractivity (Wildman–Crippen MR) is 105 cm³/mol. The lowest BCUT2D eigenvalue weighted by molar-refractivity contribution is 0.102. The van der Waals surface area contributed by atoms with Crippen LogP contribution in [0.1, 0.15) is 29.6 Å². The number of anilines is 2. The molecule has 3 rings (SSSR count). The standard InChI is InChI=1S/C19H21ClN2O3S/c1-26(24,25)14-9-10-15(16(20)13-14)19(23)21-17-7-3-4-8-18(17)22-11-5-2-6-12-22/h3-4,7-10,13H,2,5-6,11-12H2,1H3,(H,21,23). The average Bonchev–Trinajstić information content (AvgIpc) is 2.62. The summed E-state index contributed by atoms with van der Waals surface area (Å²) in [7, 11) is -3.37. The summed E-state index contributed by atoms with van der Waals surface area (Å²) in [5.41, 5.74) is 1.96. The van der Waals surface area contributed by atoms with Crippen LogP contribution in [0.2, 0.25) is 5.02 Å². The fraction of sp³-hybridized carbons (Fsp3) is 0.316. The van der Waals surface area contributed by atoms with E-state index in [1.165, 1.54) is 24.6 Å². The van der Waals surface area contributed by atoms with Gasteiger partial charge in [0.1, 0.15) is 0 Å². The number of hydrogen-bond donors (Lipinski definition) is 1. The van der Waals surface area contributed by atoms with Gasteiger partial charge in [-0.25, -0.2) is 8.42 Å². The van der Waals surface area contributed by atoms with E-state index in [4.69, 9.17) is 11.6 Å². The van der Waals surface area contributed by atoms with Gasteiger partial charge < -0.3 is 10.2 Å². The maximum Gasteiger partial charge on any atom is 0.257 e. The molecule has 1 aliphatic heterocycles. The summed E-state index contributed by atoms with van der Waals surface area (Å²) in [5, 5.41) is 3.02. The van der Waals surface area contributed by atoms with Crippen molar-refractivity contribution in [3.63, 3.8) is 0 Å². The van der Waals surface area contributed by atoms with Gasteiger partial charge in [0.2, 0.25) is 0 Å². The number of amides is 1. The smallest absolute Gasteiger partial charge is 0.257 e. The largest absolute Gasteiger partial charge is 0.370 e. The zero-order chi connectivity index (χ0) is 18.7. The third-order valence-corrected chi connectivity index (χ3v) is 5.89. The quantitative estimate of drug-likeness (QED) is 0.854. The van der Waals surface area contributed by atoms with Gasteiger partial charge >= 0.3 is 0 Å². The number of rotatable bonds is 4. The Morgan fingerprint density at radius 1 is 1.08 bits per heavy atom. The Labute approximate surface area is 158 Å². The minimum atomic E-state index is -3.37. The van der Waals surface area contributed by atoms with Crippen LogP contribution < -0.4 is 10.2 Å². The van der Waals surface area contributed by atoms with Crippen molar-refractivity contribution in [2.75, 3.05) is 29.6 Å². The number of benzene rings is 2. The second kappa shape index (κ2) is 7.68. The minimum absolute atomic E-state index is 0.0905. The zero-order valence-electron chi connectivity index (χ0n) is 14.5. The van der Waals surface area contributed by atoms with E-state index in [-0.39, 0.29) is 21.4 Å². The van der Waals surface area contributed by atoms with Gasteiger partial charge in [0.25, 0.3) is 5.91 Å². The highest BCUT2D eigenvalue weighted by Gasteiger charge is 2.18. The predicted octanol–water partition coefficient (Wildman–Crippen LogP) is 3.99. The first-order valence-corrected chi connectivity index (χ1v) is 10.8. The van der Waals surface area contributed by atoms with Crippen molar-refractivity contribution < 1.29 is 13.2 Å². The second-order valence-electron chi connectivity index (χ2n) is 6.43. The molecule has 0 bridgehead atoms. The molecule has 1 saturated heterocycles. The van der Waals surface area contributed by atoms with Crippen molar-refractivity contribution in [2.45, 2.75) is 24.2 Å². The third-order valence-electron chi connectivity index (χ3n) is 4.46. The topological polar surface area (TPSA) is 66.5 Å². The molecular formula is C19H21ClN2O3S. The number of nitrogens with one attached hydrogen (secondary N) is 1. The van der Waals surface area contributed by atoms with Crippen LogP contribution in [-0.4, -0.2) is 33.7 Å². The molecule has 0 radical (unpaired) electrons. The molecule has 1 aliphatic rings. The fourth-order valence-corrected chi connectivity index (χ4v) is 4.07. The van der Waals surface area contributed by atoms with Crippen LogP contribution in [0.15, 0.2) is 47.4 Å². The molecule has 138 valence electrons. The molecule has 0 aromatic heterocycles. The van der Waals surface area contributed by atoms with Crippen LogP contribution in [0.5, 0.6) is 0 Å². The van der Waals surface area contributed by atoms with Crippen LogP contribution in [-0.2, 0) is 9.84 Å². The fourth-order valence-electron chi connectivity index (χ4n) is 3.09. The van der Waals surface area contributed by atoms with Crippen molar-refractivity contribution in [1.82, 2.24) is 0 Å². The lowest BCUT2D eigenvalue weighted by Crippen LogP contribution is -2.30. The van der Waals surface area contributed by atoms with Gasteiger partial charge in [0.15, 0.2) is 9.84 Å². The number of sulfone groups is 1. The summed E-state index contributed by atoms with van der Waals surface area (Å²) in [5.74, 6) is -0.362. The van der Waals surface area contributed by atoms with Crippen LogP contribution >= 0.6 is 11.6 Å². The van der Waals surface area contributed by atoms with Gasteiger partial charge in [-0.15, -0.1) is 0 Å². The van der Waals surface area contributed by atoms with Gasteiger partial charge in [-0.3, -0.25) is 4.79 Å². The van der Waals surface area contributed by atoms with E-state index in [2.05, 4.69) is 10.2 Å². The van der Waals surface area contributed by atoms with E-state index in [0.29, 0.717) is 0 Å². The first-order valence-electron chi connectivity index (χ1n) is 8.51. The van der Waals surface area contributed by atoms with E-state index >= 15 is 0 Å². The lowest BCUT2D eigenvalue weighted by atomic mass is 10.1. The Hall–Kier alpha value is -2.05. The Morgan fingerprint density at radius 2 is 1.77 bits per heavy atom. The normalized spacial score (nSPS) is 14.9. The van der Waals surface area contributed by atoms with Crippen molar-refractivity contribution in [3.8, 4) is 0 Å². The molecule has 1 amide bonds. The molecule has 0 spiro atoms. The van der Waals surface area contributed by atoms with E-state index in [9.17, 15) is 13.2 Å². The molecule has 2 aromatic rings. The monoisotopic (exact) mass is 392 g/mol. The highest BCUT2D eigenvalue weighted by Crippen LogP contribution is 2.29. The summed E-state index contributed by atoms with van der Waals surface area (Å²) in [6.07, 6.45) is 4.61. The summed E-state index contributed by atoms with van der Waals surface area (Å²) in [6.45, 7) is 1.94. The van der Waals surface area contributed by atoms with Crippen molar-refractivity contribution in [3.05, 3.63) is 53.1 Å². The number of halogens is 1. The van der Waals surface area contributed by atoms with Gasteiger partial charge in [-0.2, -0.15) is 0 Å². The molecule has 1 fully saturated rings. The van der Waals surface area contributed by atoms with Crippen molar-refractivity contribution >= 4 is 38.7 Å². The van der Waals surface area contributed by atoms with Crippen LogP contribution in [0.25, 0.3) is 0 Å². The average molecular weight is 393 g/mol. The number of piperidine rings is 1. The van der Waals surface area contributed by atoms with Crippen molar-refractivity contribution in [2.24, 2.45) is 0 Å². The molecule has 1 N–H and O–H groups in total. The van der Waals surface area contributed by atoms with Gasteiger partial charge in [0.05, 0.1) is 26.9 Å². The third kappa shape index (κ3) is 4.19. The highest BCUT2D eigenvalue weighted by atomic mass is 35.5. The minimum Gasteiger partial charge on any atom is -0.370 e. The number of carbonyl (C=O) groups is 1. The molecule has 2 aromatic carbocycles. The van der Waals surface area contributed by atoms with E-state index in [1.54, 1.807) is 0 Å². The SMILES string of the molecule is CS(=O)(=O)c1ccc(C(=O)Nc2ccccc2N2CCCCC2)c(Cl)c1. The van der Waals surface area contributed by atoms with Crippen LogP contribution in [0.3, 0.4) is 0 Å². The summed E-state index contributed by atoms with van der Waals surface area (Å²) in [6, 6.07) is 11.8. The molecule has 0 saturated carbocycles. The molecule has 26 heavy (non-hydrogen) atoms. The molecular weight excluding hydrogens is 372 g/mol. The Balaban J connectivity index is 1.85. The molecule has 0 atom stereocenters. The lowest BCUT2D eigenvalue weighted by Gasteiger charge is -2.30. The summed E-state index contributed by atoms with van der Waals surface area (Å²) >= 11 is 6.15. The maximum atomic E-state index is 12.7. The highest BCUT2D eigenvalue weighted by molar-refractivity contribution is 7.90. The molecule has 1 heterocycles. The maximum absolute atomic E-state index is 12.7. The van der Waals surface area contributed by atoms with Crippen LogP contribution in [0.4, 0.5) is 11.4 Å². The van der Waals surface area contributed by atoms with E-state index in [0.717, 1.165) is 43.6 Å². The number of carbonyl (C=O) groups excluding carboxylic acids is 1. The Bertz CT molecular complexity index is 922. The Morgan fingerprint density at radius 3 is 2.42 bits per heavy atom. The number of hydrogen-bond acceptors (Lipinski definition) is 4. The number of para-hydroxylation sites is 2. The first-order chi connectivity index (χ1) is 12.4. The van der Waals surface area contributed by atoms with E-state index in [1.807, 2.05) is 24.3 Å². The van der Waals surface area contributed by atoms with Gasteiger partial charge in [-0.1, -0.05) is 23.7 Å². The molecule has 5 nitrogen and oxygen atoms in total. The molecule has 0 unspecified atom stereocenters. The summed E-state index contributed by atoms with van der Waals surface area (Å²) in [4.78, 5) is 15.0. The Kier molecular flexibility index (Phi) is 5.53. The van der Waals surface area contributed by atoms with Gasteiger partial charge in [-0.05, 0) is 49.6 Å². The molecule has 0 aliphatic carbocycles. The zero-order valence-corrected chi connectivity index (χ0v) is 16.1. The van der Waals surface area contributed by atoms with E-state index < -0.39 is 9.84 Å². The first kappa shape index (κ1) is 18.7. The van der Waals surface area contributed by atoms with Crippen LogP contribution in [0, 0.1) is 0 Å².